The molecule has 1 atom stereocenters. The molecule has 0 aliphatic carbocycles. The Morgan fingerprint density at radius 3 is 2.43 bits per heavy atom. The van der Waals surface area contributed by atoms with Crippen molar-refractivity contribution in [1.82, 2.24) is 9.88 Å². The van der Waals surface area contributed by atoms with Crippen LogP contribution in [0.5, 0.6) is 0 Å². The highest BCUT2D eigenvalue weighted by Gasteiger charge is 2.20. The molecule has 0 bridgehead atoms. The van der Waals surface area contributed by atoms with Gasteiger partial charge in [-0.2, -0.15) is 0 Å². The Labute approximate surface area is 129 Å². The van der Waals surface area contributed by atoms with Gasteiger partial charge in [-0.15, -0.1) is 0 Å². The standard InChI is InChI=1S/C18H32N2O/c1-7-9-12-20-16(18(4,5)6)11-10-15(17(20)21)13-19-14(3)8-2/h10-11,14,19H,7-9,12-13H2,1-6H3. The maximum atomic E-state index is 12.8. The maximum absolute atomic E-state index is 12.8. The monoisotopic (exact) mass is 292 g/mol. The van der Waals surface area contributed by atoms with Gasteiger partial charge in [0.2, 0.25) is 0 Å². The van der Waals surface area contributed by atoms with Crippen LogP contribution in [-0.4, -0.2) is 10.6 Å². The molecule has 0 aliphatic heterocycles. The lowest BCUT2D eigenvalue weighted by atomic mass is 9.90. The Morgan fingerprint density at radius 1 is 1.24 bits per heavy atom. The molecule has 1 unspecified atom stereocenters. The summed E-state index contributed by atoms with van der Waals surface area (Å²) in [6.45, 7) is 14.4. The largest absolute Gasteiger partial charge is 0.312 e. The second-order valence-corrected chi connectivity index (χ2v) is 6.99. The van der Waals surface area contributed by atoms with Crippen LogP contribution in [0.4, 0.5) is 0 Å². The number of rotatable bonds is 7. The topological polar surface area (TPSA) is 34.0 Å². The number of pyridine rings is 1. The SMILES string of the molecule is CCCCn1c(C(C)(C)C)ccc(CNC(C)CC)c1=O. The van der Waals surface area contributed by atoms with E-state index in [-0.39, 0.29) is 11.0 Å². The van der Waals surface area contributed by atoms with Crippen LogP contribution in [0.15, 0.2) is 16.9 Å². The van der Waals surface area contributed by atoms with Gasteiger partial charge in [-0.3, -0.25) is 4.79 Å². The smallest absolute Gasteiger partial charge is 0.255 e. The Hall–Kier alpha value is -1.09. The molecule has 1 aromatic rings. The summed E-state index contributed by atoms with van der Waals surface area (Å²) in [5, 5.41) is 3.42. The molecule has 3 heteroatoms. The molecule has 0 amide bonds. The first kappa shape index (κ1) is 18.0. The van der Waals surface area contributed by atoms with Crippen LogP contribution in [-0.2, 0) is 18.5 Å². The zero-order chi connectivity index (χ0) is 16.0. The molecule has 0 fully saturated rings. The van der Waals surface area contributed by atoms with Crippen molar-refractivity contribution in [2.24, 2.45) is 0 Å². The number of unbranched alkanes of at least 4 members (excludes halogenated alkanes) is 1. The van der Waals surface area contributed by atoms with Crippen LogP contribution in [0.3, 0.4) is 0 Å². The summed E-state index contributed by atoms with van der Waals surface area (Å²) in [4.78, 5) is 12.8. The van der Waals surface area contributed by atoms with E-state index in [4.69, 9.17) is 0 Å². The molecule has 0 aromatic carbocycles. The fourth-order valence-electron chi connectivity index (χ4n) is 2.38. The lowest BCUT2D eigenvalue weighted by Gasteiger charge is -2.25. The average molecular weight is 292 g/mol. The number of nitrogens with zero attached hydrogens (tertiary/aromatic N) is 1. The molecule has 1 heterocycles. The van der Waals surface area contributed by atoms with Crippen molar-refractivity contribution in [2.45, 2.75) is 85.4 Å². The van der Waals surface area contributed by atoms with Crippen molar-refractivity contribution in [3.8, 4) is 0 Å². The second-order valence-electron chi connectivity index (χ2n) is 6.99. The minimum absolute atomic E-state index is 0.00439. The quantitative estimate of drug-likeness (QED) is 0.828. The zero-order valence-corrected chi connectivity index (χ0v) is 14.6. The highest BCUT2D eigenvalue weighted by Crippen LogP contribution is 2.21. The van der Waals surface area contributed by atoms with Crippen molar-refractivity contribution in [1.29, 1.82) is 0 Å². The van der Waals surface area contributed by atoms with Crippen molar-refractivity contribution in [3.05, 3.63) is 33.7 Å². The van der Waals surface area contributed by atoms with Gasteiger partial charge < -0.3 is 9.88 Å². The highest BCUT2D eigenvalue weighted by atomic mass is 16.1. The lowest BCUT2D eigenvalue weighted by molar-refractivity contribution is 0.481. The Morgan fingerprint density at radius 2 is 1.90 bits per heavy atom. The molecular formula is C18H32N2O. The van der Waals surface area contributed by atoms with E-state index < -0.39 is 0 Å². The molecule has 3 nitrogen and oxygen atoms in total. The van der Waals surface area contributed by atoms with E-state index in [2.05, 4.69) is 52.9 Å². The van der Waals surface area contributed by atoms with Crippen molar-refractivity contribution >= 4 is 0 Å². The summed E-state index contributed by atoms with van der Waals surface area (Å²) in [5.41, 5.74) is 2.18. The number of aromatic nitrogens is 1. The van der Waals surface area contributed by atoms with Crippen LogP contribution in [0.25, 0.3) is 0 Å². The minimum Gasteiger partial charge on any atom is -0.312 e. The van der Waals surface area contributed by atoms with Gasteiger partial charge in [-0.05, 0) is 25.8 Å². The lowest BCUT2D eigenvalue weighted by Crippen LogP contribution is -2.34. The van der Waals surface area contributed by atoms with Gasteiger partial charge in [-0.1, -0.05) is 47.1 Å². The summed E-state index contributed by atoms with van der Waals surface area (Å²) in [7, 11) is 0. The normalized spacial score (nSPS) is 13.4. The number of hydrogen-bond acceptors (Lipinski definition) is 2. The van der Waals surface area contributed by atoms with Crippen molar-refractivity contribution in [3.63, 3.8) is 0 Å². The van der Waals surface area contributed by atoms with Gasteiger partial charge >= 0.3 is 0 Å². The molecule has 0 spiro atoms. The van der Waals surface area contributed by atoms with Gasteiger partial charge in [-0.25, -0.2) is 0 Å². The first-order valence-electron chi connectivity index (χ1n) is 8.27. The Balaban J connectivity index is 3.11. The van der Waals surface area contributed by atoms with E-state index in [0.717, 1.165) is 37.1 Å². The summed E-state index contributed by atoms with van der Waals surface area (Å²) < 4.78 is 1.98. The first-order valence-corrected chi connectivity index (χ1v) is 8.27. The van der Waals surface area contributed by atoms with E-state index in [1.807, 2.05) is 10.6 Å². The average Bonchev–Trinajstić information content (AvgIpc) is 2.42. The minimum atomic E-state index is -0.00439. The van der Waals surface area contributed by atoms with Gasteiger partial charge in [0.05, 0.1) is 0 Å². The van der Waals surface area contributed by atoms with Gasteiger partial charge in [0.25, 0.3) is 5.56 Å². The molecule has 0 radical (unpaired) electrons. The maximum Gasteiger partial charge on any atom is 0.255 e. The predicted molar refractivity (Wildman–Crippen MR) is 90.9 cm³/mol. The molecule has 1 N–H and O–H groups in total. The third kappa shape index (κ3) is 4.99. The molecule has 120 valence electrons. The molecule has 21 heavy (non-hydrogen) atoms. The van der Waals surface area contributed by atoms with Crippen LogP contribution >= 0.6 is 0 Å². The summed E-state index contributed by atoms with van der Waals surface area (Å²) in [5.74, 6) is 0. The molecule has 1 aromatic heterocycles. The molecule has 0 saturated heterocycles. The summed E-state index contributed by atoms with van der Waals surface area (Å²) >= 11 is 0. The zero-order valence-electron chi connectivity index (χ0n) is 14.6. The Kier molecular flexibility index (Phi) is 6.66. The van der Waals surface area contributed by atoms with Crippen LogP contribution in [0, 0.1) is 0 Å². The van der Waals surface area contributed by atoms with E-state index in [1.165, 1.54) is 0 Å². The van der Waals surface area contributed by atoms with E-state index in [0.29, 0.717) is 12.6 Å². The van der Waals surface area contributed by atoms with Crippen LogP contribution in [0.1, 0.15) is 72.1 Å². The summed E-state index contributed by atoms with van der Waals surface area (Å²) in [6, 6.07) is 4.57. The first-order chi connectivity index (χ1) is 9.81. The highest BCUT2D eigenvalue weighted by molar-refractivity contribution is 5.21. The van der Waals surface area contributed by atoms with Gasteiger partial charge in [0, 0.05) is 35.8 Å². The number of nitrogens with one attached hydrogen (secondary N) is 1. The predicted octanol–water partition coefficient (Wildman–Crippen LogP) is 3.83. The van der Waals surface area contributed by atoms with Crippen molar-refractivity contribution < 1.29 is 0 Å². The molecule has 1 rings (SSSR count). The third-order valence-electron chi connectivity index (χ3n) is 4.01. The fourth-order valence-corrected chi connectivity index (χ4v) is 2.38. The van der Waals surface area contributed by atoms with Crippen LogP contribution in [0.2, 0.25) is 0 Å². The molecule has 0 saturated carbocycles. The van der Waals surface area contributed by atoms with E-state index >= 15 is 0 Å². The second kappa shape index (κ2) is 7.79. The number of hydrogen-bond donors (Lipinski definition) is 1. The third-order valence-corrected chi connectivity index (χ3v) is 4.01. The van der Waals surface area contributed by atoms with E-state index in [9.17, 15) is 4.79 Å². The molecule has 0 aliphatic rings. The van der Waals surface area contributed by atoms with Crippen molar-refractivity contribution in [2.75, 3.05) is 0 Å². The van der Waals surface area contributed by atoms with Crippen LogP contribution < -0.4 is 10.9 Å². The fraction of sp³-hybridized carbons (Fsp3) is 0.722. The summed E-state index contributed by atoms with van der Waals surface area (Å²) in [6.07, 6.45) is 3.22. The Bertz CT molecular complexity index is 497. The molecular weight excluding hydrogens is 260 g/mol. The van der Waals surface area contributed by atoms with Gasteiger partial charge in [0.15, 0.2) is 0 Å². The van der Waals surface area contributed by atoms with Gasteiger partial charge in [0.1, 0.15) is 0 Å². The van der Waals surface area contributed by atoms with E-state index in [1.54, 1.807) is 0 Å².